The molecule has 0 saturated carbocycles. The Labute approximate surface area is 45.3 Å². The van der Waals surface area contributed by atoms with Gasteiger partial charge < -0.3 is 0 Å². The van der Waals surface area contributed by atoms with Crippen LogP contribution in [0.4, 0.5) is 0 Å². The average Bonchev–Trinajstić information content (AvgIpc) is 1.30. The molecule has 0 aliphatic rings. The van der Waals surface area contributed by atoms with E-state index in [-0.39, 0.29) is 11.4 Å². The molecule has 0 saturated heterocycles. The summed E-state index contributed by atoms with van der Waals surface area (Å²) in [7, 11) is -3.27. The van der Waals surface area contributed by atoms with Crippen LogP contribution in [0.3, 0.4) is 0 Å². The molecule has 0 bridgehead atoms. The first-order chi connectivity index (χ1) is 3.06. The maximum atomic E-state index is 9.92. The summed E-state index contributed by atoms with van der Waals surface area (Å²) in [6, 6.07) is 0. The minimum Gasteiger partial charge on any atom is -0.228 e. The molecule has 6 heteroatoms. The van der Waals surface area contributed by atoms with E-state index in [2.05, 4.69) is 3.77 Å². The van der Waals surface area contributed by atoms with E-state index >= 15 is 0 Å². The van der Waals surface area contributed by atoms with Crippen molar-refractivity contribution in [3.8, 4) is 0 Å². The Morgan fingerprint density at radius 3 is 2.14 bits per heavy atom. The molecular formula is CH4N2O2S2. The summed E-state index contributed by atoms with van der Waals surface area (Å²) in [5.74, 6) is 0. The van der Waals surface area contributed by atoms with E-state index < -0.39 is 10.0 Å². The van der Waals surface area contributed by atoms with Gasteiger partial charge in [0.2, 0.25) is 0 Å². The molecule has 0 heterocycles. The van der Waals surface area contributed by atoms with Gasteiger partial charge in [0.15, 0.2) is 0 Å². The first-order valence-corrected chi connectivity index (χ1v) is 3.93. The molecule has 0 aromatic heterocycles. The zero-order valence-corrected chi connectivity index (χ0v) is 5.21. The van der Waals surface area contributed by atoms with E-state index in [4.69, 9.17) is 4.78 Å². The number of sulfonamides is 1. The van der Waals surface area contributed by atoms with Gasteiger partial charge in [-0.05, 0) is 0 Å². The van der Waals surface area contributed by atoms with E-state index in [1.807, 2.05) is 0 Å². The number of hydrogen-bond donors (Lipinski definition) is 1. The topological polar surface area (TPSA) is 70.3 Å². The minimum absolute atomic E-state index is 0.196. The van der Waals surface area contributed by atoms with Crippen LogP contribution in [0.1, 0.15) is 0 Å². The molecule has 0 rings (SSSR count). The fourth-order valence-electron chi connectivity index (χ4n) is 0.0677. The summed E-state index contributed by atoms with van der Waals surface area (Å²) in [5, 5.41) is 0. The summed E-state index contributed by atoms with van der Waals surface area (Å²) >= 11 is 0.196. The van der Waals surface area contributed by atoms with E-state index in [9.17, 15) is 8.42 Å². The van der Waals surface area contributed by atoms with Crippen LogP contribution in [0.15, 0.2) is 3.77 Å². The molecule has 0 spiro atoms. The number of nitrogens with one attached hydrogen (secondary N) is 1. The lowest BCUT2D eigenvalue weighted by molar-refractivity contribution is 0.604. The molecule has 7 heavy (non-hydrogen) atoms. The standard InChI is InChI=1S/CH4N2O2S2/c1-7(4,5)3-6-2/h2H,1H3. The van der Waals surface area contributed by atoms with Crippen LogP contribution in [-0.4, -0.2) is 14.7 Å². The highest BCUT2D eigenvalue weighted by Crippen LogP contribution is 1.78. The third kappa shape index (κ3) is 5.77. The van der Waals surface area contributed by atoms with Crippen LogP contribution in [0, 0.1) is 4.78 Å². The van der Waals surface area contributed by atoms with Crippen molar-refractivity contribution in [3.63, 3.8) is 0 Å². The Morgan fingerprint density at radius 1 is 1.71 bits per heavy atom. The van der Waals surface area contributed by atoms with Gasteiger partial charge in [0.05, 0.1) is 17.6 Å². The molecule has 0 amide bonds. The molecule has 1 N–H and O–H groups in total. The number of hydrogen-bond acceptors (Lipinski definition) is 3. The molecular weight excluding hydrogens is 136 g/mol. The second-order valence-corrected chi connectivity index (χ2v) is 3.14. The summed E-state index contributed by atoms with van der Waals surface area (Å²) in [6.45, 7) is 0. The van der Waals surface area contributed by atoms with Crippen molar-refractivity contribution in [2.75, 3.05) is 6.26 Å². The van der Waals surface area contributed by atoms with Gasteiger partial charge in [0.25, 0.3) is 10.0 Å². The van der Waals surface area contributed by atoms with Crippen molar-refractivity contribution in [1.29, 1.82) is 4.78 Å². The van der Waals surface area contributed by atoms with Crippen molar-refractivity contribution in [3.05, 3.63) is 0 Å². The fraction of sp³-hybridized carbons (Fsp3) is 1.00. The third-order valence-corrected chi connectivity index (χ3v) is 1.55. The van der Waals surface area contributed by atoms with Gasteiger partial charge in [0, 0.05) is 0 Å². The van der Waals surface area contributed by atoms with Crippen molar-refractivity contribution >= 4 is 21.4 Å². The summed E-state index contributed by atoms with van der Waals surface area (Å²) in [4.78, 5) is 0. The normalized spacial score (nSPS) is 10.4. The van der Waals surface area contributed by atoms with Crippen LogP contribution in [0.5, 0.6) is 0 Å². The maximum Gasteiger partial charge on any atom is 0.261 e. The van der Waals surface area contributed by atoms with Crippen molar-refractivity contribution in [2.45, 2.75) is 0 Å². The smallest absolute Gasteiger partial charge is 0.228 e. The zero-order valence-electron chi connectivity index (χ0n) is 3.58. The third-order valence-electron chi connectivity index (χ3n) is 0.173. The second kappa shape index (κ2) is 2.17. The van der Waals surface area contributed by atoms with Gasteiger partial charge in [0.1, 0.15) is 0 Å². The van der Waals surface area contributed by atoms with Crippen molar-refractivity contribution in [1.82, 2.24) is 0 Å². The second-order valence-electron chi connectivity index (χ2n) is 0.899. The molecule has 0 aliphatic carbocycles. The molecule has 0 aromatic carbocycles. The first-order valence-electron chi connectivity index (χ1n) is 1.31. The summed E-state index contributed by atoms with van der Waals surface area (Å²) in [6.07, 6.45) is 0.939. The SMILES string of the molecule is CS(=O)(=O)N=S=N. The Hall–Kier alpha value is -0.230. The number of rotatable bonds is 1. The fourth-order valence-corrected chi connectivity index (χ4v) is 0.609. The lowest BCUT2D eigenvalue weighted by atomic mass is 12.0. The number of nitrogens with zero attached hydrogens (tertiary/aromatic N) is 1. The van der Waals surface area contributed by atoms with E-state index in [0.717, 1.165) is 6.26 Å². The van der Waals surface area contributed by atoms with Gasteiger partial charge in [-0.2, -0.15) is 0 Å². The average molecular weight is 140 g/mol. The molecule has 0 unspecified atom stereocenters. The van der Waals surface area contributed by atoms with E-state index in [1.54, 1.807) is 0 Å². The minimum atomic E-state index is -3.27. The Bertz CT molecular complexity index is 186. The predicted molar refractivity (Wildman–Crippen MR) is 27.4 cm³/mol. The van der Waals surface area contributed by atoms with Gasteiger partial charge in [-0.1, -0.05) is 3.77 Å². The highest BCUT2D eigenvalue weighted by molar-refractivity contribution is 7.92. The Kier molecular flexibility index (Phi) is 2.10. The van der Waals surface area contributed by atoms with Gasteiger partial charge in [-0.15, -0.1) is 0 Å². The van der Waals surface area contributed by atoms with Crippen molar-refractivity contribution < 1.29 is 8.42 Å². The highest BCUT2D eigenvalue weighted by atomic mass is 32.2. The largest absolute Gasteiger partial charge is 0.261 e. The Balaban J connectivity index is 4.44. The summed E-state index contributed by atoms with van der Waals surface area (Å²) < 4.78 is 28.9. The zero-order chi connectivity index (χ0) is 5.91. The monoisotopic (exact) mass is 140 g/mol. The highest BCUT2D eigenvalue weighted by Gasteiger charge is 1.89. The molecule has 42 valence electrons. The predicted octanol–water partition coefficient (Wildman–Crippen LogP) is -0.0254. The van der Waals surface area contributed by atoms with Crippen molar-refractivity contribution in [2.24, 2.45) is 3.77 Å². The molecule has 0 aliphatic heterocycles. The van der Waals surface area contributed by atoms with Crippen LogP contribution >= 0.6 is 0 Å². The van der Waals surface area contributed by atoms with Crippen LogP contribution in [-0.2, 0) is 21.4 Å². The maximum absolute atomic E-state index is 9.92. The molecule has 0 atom stereocenters. The van der Waals surface area contributed by atoms with Crippen LogP contribution < -0.4 is 0 Å². The lowest BCUT2D eigenvalue weighted by Crippen LogP contribution is -1.85. The summed E-state index contributed by atoms with van der Waals surface area (Å²) in [5.41, 5.74) is 0. The molecule has 0 aromatic rings. The van der Waals surface area contributed by atoms with Gasteiger partial charge in [-0.3, -0.25) is 0 Å². The Morgan fingerprint density at radius 2 is 2.14 bits per heavy atom. The van der Waals surface area contributed by atoms with E-state index in [0.29, 0.717) is 0 Å². The van der Waals surface area contributed by atoms with E-state index in [1.165, 1.54) is 0 Å². The van der Waals surface area contributed by atoms with Gasteiger partial charge >= 0.3 is 0 Å². The quantitative estimate of drug-likeness (QED) is 0.555. The van der Waals surface area contributed by atoms with Gasteiger partial charge in [-0.25, -0.2) is 13.2 Å². The first kappa shape index (κ1) is 6.77. The molecule has 4 nitrogen and oxygen atoms in total. The molecule has 0 radical (unpaired) electrons. The lowest BCUT2D eigenvalue weighted by Gasteiger charge is -1.72. The van der Waals surface area contributed by atoms with Crippen LogP contribution in [0.25, 0.3) is 0 Å². The molecule has 0 fully saturated rings. The van der Waals surface area contributed by atoms with Crippen LogP contribution in [0.2, 0.25) is 0 Å².